The van der Waals surface area contributed by atoms with E-state index < -0.39 is 11.8 Å². The first-order valence-corrected chi connectivity index (χ1v) is 5.84. The second-order valence-corrected chi connectivity index (χ2v) is 4.30. The summed E-state index contributed by atoms with van der Waals surface area (Å²) >= 11 is 0. The summed E-state index contributed by atoms with van der Waals surface area (Å²) in [4.78, 5) is 11.7. The minimum Gasteiger partial charge on any atom is -0.457 e. The van der Waals surface area contributed by atoms with E-state index in [-0.39, 0.29) is 17.9 Å². The zero-order valence-corrected chi connectivity index (χ0v) is 10.5. The fourth-order valence-corrected chi connectivity index (χ4v) is 1.57. The highest BCUT2D eigenvalue weighted by Gasteiger charge is 2.09. The Morgan fingerprint density at radius 3 is 2.53 bits per heavy atom. The summed E-state index contributed by atoms with van der Waals surface area (Å²) in [6.07, 6.45) is 0. The summed E-state index contributed by atoms with van der Waals surface area (Å²) in [7, 11) is 0. The second-order valence-electron chi connectivity index (χ2n) is 4.30. The van der Waals surface area contributed by atoms with E-state index in [1.807, 2.05) is 31.2 Å². The molecule has 4 heteroatoms. The van der Waals surface area contributed by atoms with Crippen LogP contribution in [0.15, 0.2) is 42.5 Å². The number of halogens is 1. The van der Waals surface area contributed by atoms with Gasteiger partial charge in [-0.1, -0.05) is 29.8 Å². The van der Waals surface area contributed by atoms with Gasteiger partial charge in [0.05, 0.1) is 11.3 Å². The molecule has 2 N–H and O–H groups in total. The summed E-state index contributed by atoms with van der Waals surface area (Å²) < 4.78 is 18.3. The first kappa shape index (κ1) is 13.1. The molecule has 0 heterocycles. The maximum absolute atomic E-state index is 13.2. The SMILES string of the molecule is Cc1ccc(COC(=O)c2ccc(N)c(F)c2)cc1. The van der Waals surface area contributed by atoms with Crippen molar-refractivity contribution in [2.45, 2.75) is 13.5 Å². The van der Waals surface area contributed by atoms with Gasteiger partial charge in [0, 0.05) is 0 Å². The third-order valence-electron chi connectivity index (χ3n) is 2.73. The van der Waals surface area contributed by atoms with E-state index in [0.717, 1.165) is 17.2 Å². The predicted octanol–water partition coefficient (Wildman–Crippen LogP) is 3.07. The van der Waals surface area contributed by atoms with Crippen LogP contribution in [0, 0.1) is 12.7 Å². The van der Waals surface area contributed by atoms with Crippen molar-refractivity contribution >= 4 is 11.7 Å². The molecule has 0 amide bonds. The molecule has 2 rings (SSSR count). The van der Waals surface area contributed by atoms with Gasteiger partial charge in [-0.2, -0.15) is 0 Å². The number of carbonyl (C=O) groups is 1. The highest BCUT2D eigenvalue weighted by molar-refractivity contribution is 5.89. The maximum atomic E-state index is 13.2. The Hall–Kier alpha value is -2.36. The smallest absolute Gasteiger partial charge is 0.338 e. The fourth-order valence-electron chi connectivity index (χ4n) is 1.57. The minimum absolute atomic E-state index is 0.00934. The van der Waals surface area contributed by atoms with Crippen LogP contribution in [-0.2, 0) is 11.3 Å². The molecule has 2 aromatic carbocycles. The fraction of sp³-hybridized carbons (Fsp3) is 0.133. The van der Waals surface area contributed by atoms with Crippen molar-refractivity contribution in [3.05, 3.63) is 65.0 Å². The Balaban J connectivity index is 2.01. The van der Waals surface area contributed by atoms with Crippen molar-refractivity contribution < 1.29 is 13.9 Å². The van der Waals surface area contributed by atoms with Gasteiger partial charge in [0.1, 0.15) is 12.4 Å². The number of nitrogens with two attached hydrogens (primary N) is 1. The van der Waals surface area contributed by atoms with E-state index in [1.165, 1.54) is 12.1 Å². The highest BCUT2D eigenvalue weighted by atomic mass is 19.1. The summed E-state index contributed by atoms with van der Waals surface area (Å²) in [6, 6.07) is 11.5. The molecule has 3 nitrogen and oxygen atoms in total. The lowest BCUT2D eigenvalue weighted by Gasteiger charge is -2.06. The minimum atomic E-state index is -0.621. The zero-order chi connectivity index (χ0) is 13.8. The zero-order valence-electron chi connectivity index (χ0n) is 10.5. The number of ether oxygens (including phenoxy) is 1. The molecule has 98 valence electrons. The average molecular weight is 259 g/mol. The van der Waals surface area contributed by atoms with Crippen molar-refractivity contribution in [3.63, 3.8) is 0 Å². The number of hydrogen-bond acceptors (Lipinski definition) is 3. The predicted molar refractivity (Wildman–Crippen MR) is 71.1 cm³/mol. The molecule has 0 aliphatic heterocycles. The molecule has 0 fully saturated rings. The summed E-state index contributed by atoms with van der Waals surface area (Å²) in [6.45, 7) is 2.14. The van der Waals surface area contributed by atoms with Crippen molar-refractivity contribution in [1.82, 2.24) is 0 Å². The van der Waals surface area contributed by atoms with Gasteiger partial charge in [-0.15, -0.1) is 0 Å². The number of carbonyl (C=O) groups excluding carboxylic acids is 1. The Morgan fingerprint density at radius 2 is 1.89 bits per heavy atom. The van der Waals surface area contributed by atoms with Gasteiger partial charge < -0.3 is 10.5 Å². The number of benzene rings is 2. The van der Waals surface area contributed by atoms with Gasteiger partial charge in [0.15, 0.2) is 0 Å². The number of aryl methyl sites for hydroxylation is 1. The molecule has 0 aliphatic carbocycles. The van der Waals surface area contributed by atoms with Crippen molar-refractivity contribution in [2.75, 3.05) is 5.73 Å². The first-order chi connectivity index (χ1) is 9.06. The molecule has 0 bridgehead atoms. The molecular weight excluding hydrogens is 245 g/mol. The molecule has 0 aliphatic rings. The van der Waals surface area contributed by atoms with Gasteiger partial charge in [-0.05, 0) is 30.7 Å². The van der Waals surface area contributed by atoms with Crippen LogP contribution >= 0.6 is 0 Å². The van der Waals surface area contributed by atoms with Gasteiger partial charge in [-0.3, -0.25) is 0 Å². The molecule has 0 spiro atoms. The number of esters is 1. The molecule has 0 unspecified atom stereocenters. The molecule has 19 heavy (non-hydrogen) atoms. The van der Waals surface area contributed by atoms with Crippen LogP contribution in [0.2, 0.25) is 0 Å². The van der Waals surface area contributed by atoms with E-state index in [2.05, 4.69) is 0 Å². The largest absolute Gasteiger partial charge is 0.457 e. The summed E-state index contributed by atoms with van der Waals surface area (Å²) in [5.74, 6) is -1.19. The standard InChI is InChI=1S/C15H14FNO2/c1-10-2-4-11(5-3-10)9-19-15(18)12-6-7-14(17)13(16)8-12/h2-8H,9,17H2,1H3. The van der Waals surface area contributed by atoms with Gasteiger partial charge in [0.2, 0.25) is 0 Å². The van der Waals surface area contributed by atoms with E-state index in [4.69, 9.17) is 10.5 Å². The van der Waals surface area contributed by atoms with Gasteiger partial charge in [0.25, 0.3) is 0 Å². The van der Waals surface area contributed by atoms with Crippen LogP contribution < -0.4 is 5.73 Å². The molecule has 0 aromatic heterocycles. The van der Waals surface area contributed by atoms with Crippen LogP contribution in [0.5, 0.6) is 0 Å². The number of hydrogen-bond donors (Lipinski definition) is 1. The van der Waals surface area contributed by atoms with Gasteiger partial charge >= 0.3 is 5.97 Å². The van der Waals surface area contributed by atoms with Crippen molar-refractivity contribution in [1.29, 1.82) is 0 Å². The molecule has 2 aromatic rings. The molecule has 0 radical (unpaired) electrons. The Morgan fingerprint density at radius 1 is 1.21 bits per heavy atom. The first-order valence-electron chi connectivity index (χ1n) is 5.84. The third kappa shape index (κ3) is 3.31. The quantitative estimate of drug-likeness (QED) is 0.680. The lowest BCUT2D eigenvalue weighted by molar-refractivity contribution is 0.0472. The van der Waals surface area contributed by atoms with E-state index in [1.54, 1.807) is 0 Å². The second kappa shape index (κ2) is 5.52. The summed E-state index contributed by atoms with van der Waals surface area (Å²) in [5, 5.41) is 0. The highest BCUT2D eigenvalue weighted by Crippen LogP contribution is 2.13. The molecule has 0 saturated carbocycles. The Kier molecular flexibility index (Phi) is 3.80. The normalized spacial score (nSPS) is 10.2. The van der Waals surface area contributed by atoms with E-state index >= 15 is 0 Å². The third-order valence-corrected chi connectivity index (χ3v) is 2.73. The van der Waals surface area contributed by atoms with E-state index in [9.17, 15) is 9.18 Å². The average Bonchev–Trinajstić information content (AvgIpc) is 2.41. The van der Waals surface area contributed by atoms with Crippen LogP contribution in [0.25, 0.3) is 0 Å². The van der Waals surface area contributed by atoms with Crippen LogP contribution in [-0.4, -0.2) is 5.97 Å². The molecule has 0 atom stereocenters. The molecule has 0 saturated heterocycles. The van der Waals surface area contributed by atoms with E-state index in [0.29, 0.717) is 0 Å². The Labute approximate surface area is 110 Å². The summed E-state index contributed by atoms with van der Waals surface area (Å²) in [5.41, 5.74) is 7.52. The lowest BCUT2D eigenvalue weighted by Crippen LogP contribution is -2.06. The molecular formula is C15H14FNO2. The topological polar surface area (TPSA) is 52.3 Å². The van der Waals surface area contributed by atoms with Gasteiger partial charge in [-0.25, -0.2) is 9.18 Å². The van der Waals surface area contributed by atoms with Crippen LogP contribution in [0.3, 0.4) is 0 Å². The number of nitrogen functional groups attached to an aromatic ring is 1. The van der Waals surface area contributed by atoms with Crippen LogP contribution in [0.1, 0.15) is 21.5 Å². The van der Waals surface area contributed by atoms with Crippen LogP contribution in [0.4, 0.5) is 10.1 Å². The van der Waals surface area contributed by atoms with Crippen molar-refractivity contribution in [2.24, 2.45) is 0 Å². The lowest BCUT2D eigenvalue weighted by atomic mass is 10.1. The number of anilines is 1. The Bertz CT molecular complexity index is 594. The maximum Gasteiger partial charge on any atom is 0.338 e. The number of rotatable bonds is 3. The monoisotopic (exact) mass is 259 g/mol. The van der Waals surface area contributed by atoms with Crippen molar-refractivity contribution in [3.8, 4) is 0 Å².